The first-order chi connectivity index (χ1) is 9.52. The fraction of sp³-hybridized carbons (Fsp3) is 0.706. The van der Waals surface area contributed by atoms with Crippen LogP contribution in [0.2, 0.25) is 0 Å². The van der Waals surface area contributed by atoms with Gasteiger partial charge in [-0.2, -0.15) is 0 Å². The standard InChI is InChI=1S/C17H29N3/c1-12(2)16-9-15(11-18-5)10-17(19-16)20-8-6-7-13(3)14(20)4/h9-10,12-14,18H,6-8,11H2,1-5H3. The average molecular weight is 275 g/mol. The molecule has 0 amide bonds. The minimum absolute atomic E-state index is 0.475. The number of nitrogens with zero attached hydrogens (tertiary/aromatic N) is 2. The Morgan fingerprint density at radius 1 is 1.35 bits per heavy atom. The lowest BCUT2D eigenvalue weighted by molar-refractivity contribution is 0.361. The quantitative estimate of drug-likeness (QED) is 0.911. The third kappa shape index (κ3) is 3.32. The van der Waals surface area contributed by atoms with Crippen LogP contribution in [-0.2, 0) is 6.54 Å². The second-order valence-electron chi connectivity index (χ2n) is 6.50. The zero-order chi connectivity index (χ0) is 14.7. The summed E-state index contributed by atoms with van der Waals surface area (Å²) in [4.78, 5) is 7.42. The highest BCUT2D eigenvalue weighted by molar-refractivity contribution is 5.45. The number of anilines is 1. The number of hydrogen-bond acceptors (Lipinski definition) is 3. The Morgan fingerprint density at radius 2 is 2.10 bits per heavy atom. The third-order valence-electron chi connectivity index (χ3n) is 4.53. The Labute approximate surface area is 123 Å². The predicted molar refractivity (Wildman–Crippen MR) is 86.3 cm³/mol. The van der Waals surface area contributed by atoms with Crippen molar-refractivity contribution in [3.63, 3.8) is 0 Å². The summed E-state index contributed by atoms with van der Waals surface area (Å²) in [7, 11) is 2.00. The lowest BCUT2D eigenvalue weighted by Crippen LogP contribution is -2.43. The van der Waals surface area contributed by atoms with E-state index in [4.69, 9.17) is 4.98 Å². The van der Waals surface area contributed by atoms with Gasteiger partial charge in [0, 0.05) is 24.8 Å². The number of aromatic nitrogens is 1. The van der Waals surface area contributed by atoms with Gasteiger partial charge in [0.1, 0.15) is 5.82 Å². The summed E-state index contributed by atoms with van der Waals surface area (Å²) in [6.45, 7) is 11.2. The summed E-state index contributed by atoms with van der Waals surface area (Å²) < 4.78 is 0. The summed E-state index contributed by atoms with van der Waals surface area (Å²) >= 11 is 0. The normalized spacial score (nSPS) is 23.4. The van der Waals surface area contributed by atoms with Gasteiger partial charge in [-0.25, -0.2) is 4.98 Å². The van der Waals surface area contributed by atoms with Gasteiger partial charge < -0.3 is 10.2 Å². The highest BCUT2D eigenvalue weighted by Gasteiger charge is 2.26. The molecule has 1 aromatic heterocycles. The molecular formula is C17H29N3. The Balaban J connectivity index is 2.33. The Morgan fingerprint density at radius 3 is 2.75 bits per heavy atom. The van der Waals surface area contributed by atoms with Crippen LogP contribution in [0.3, 0.4) is 0 Å². The molecule has 2 atom stereocenters. The molecular weight excluding hydrogens is 246 g/mol. The third-order valence-corrected chi connectivity index (χ3v) is 4.53. The molecule has 1 fully saturated rings. The molecule has 2 unspecified atom stereocenters. The van der Waals surface area contributed by atoms with Crippen molar-refractivity contribution < 1.29 is 0 Å². The molecule has 3 nitrogen and oxygen atoms in total. The SMILES string of the molecule is CNCc1cc(C(C)C)nc(N2CCCC(C)C2C)c1. The lowest BCUT2D eigenvalue weighted by atomic mass is 9.92. The zero-order valence-electron chi connectivity index (χ0n) is 13.6. The molecule has 0 aliphatic carbocycles. The van der Waals surface area contributed by atoms with E-state index in [0.29, 0.717) is 12.0 Å². The second-order valence-corrected chi connectivity index (χ2v) is 6.50. The molecule has 0 aromatic carbocycles. The number of pyridine rings is 1. The molecule has 0 radical (unpaired) electrons. The van der Waals surface area contributed by atoms with E-state index in [-0.39, 0.29) is 0 Å². The maximum absolute atomic E-state index is 4.92. The van der Waals surface area contributed by atoms with E-state index in [1.165, 1.54) is 29.9 Å². The molecule has 112 valence electrons. The highest BCUT2D eigenvalue weighted by atomic mass is 15.2. The Hall–Kier alpha value is -1.09. The van der Waals surface area contributed by atoms with E-state index in [0.717, 1.165) is 19.0 Å². The molecule has 3 heteroatoms. The first-order valence-corrected chi connectivity index (χ1v) is 7.95. The van der Waals surface area contributed by atoms with Crippen molar-refractivity contribution >= 4 is 5.82 Å². The molecule has 1 aliphatic rings. The van der Waals surface area contributed by atoms with Gasteiger partial charge >= 0.3 is 0 Å². The van der Waals surface area contributed by atoms with E-state index in [2.05, 4.69) is 50.0 Å². The maximum atomic E-state index is 4.92. The van der Waals surface area contributed by atoms with Gasteiger partial charge in [-0.15, -0.1) is 0 Å². The van der Waals surface area contributed by atoms with Gasteiger partial charge in [0.15, 0.2) is 0 Å². The van der Waals surface area contributed by atoms with Crippen molar-refractivity contribution in [3.8, 4) is 0 Å². The van der Waals surface area contributed by atoms with Crippen LogP contribution in [0.1, 0.15) is 57.7 Å². The van der Waals surface area contributed by atoms with Gasteiger partial charge in [-0.1, -0.05) is 20.8 Å². The minimum Gasteiger partial charge on any atom is -0.354 e. The molecule has 1 saturated heterocycles. The largest absolute Gasteiger partial charge is 0.354 e. The average Bonchev–Trinajstić information content (AvgIpc) is 2.42. The van der Waals surface area contributed by atoms with Crippen molar-refractivity contribution in [2.45, 2.75) is 59.0 Å². The molecule has 2 rings (SSSR count). The van der Waals surface area contributed by atoms with Crippen molar-refractivity contribution in [2.24, 2.45) is 5.92 Å². The van der Waals surface area contributed by atoms with Gasteiger partial charge in [0.25, 0.3) is 0 Å². The molecule has 0 spiro atoms. The van der Waals surface area contributed by atoms with E-state index >= 15 is 0 Å². The maximum Gasteiger partial charge on any atom is 0.129 e. The Bertz CT molecular complexity index is 442. The summed E-state index contributed by atoms with van der Waals surface area (Å²) in [6, 6.07) is 5.08. The smallest absolute Gasteiger partial charge is 0.129 e. The first kappa shape index (κ1) is 15.3. The van der Waals surface area contributed by atoms with Crippen molar-refractivity contribution in [1.82, 2.24) is 10.3 Å². The van der Waals surface area contributed by atoms with E-state index in [9.17, 15) is 0 Å². The molecule has 1 aliphatic heterocycles. The summed E-state index contributed by atoms with van der Waals surface area (Å²) in [5.74, 6) is 2.39. The zero-order valence-corrected chi connectivity index (χ0v) is 13.6. The van der Waals surface area contributed by atoms with E-state index < -0.39 is 0 Å². The topological polar surface area (TPSA) is 28.2 Å². The fourth-order valence-corrected chi connectivity index (χ4v) is 3.00. The predicted octanol–water partition coefficient (Wildman–Crippen LogP) is 3.55. The van der Waals surface area contributed by atoms with Gasteiger partial charge in [-0.05, 0) is 56.3 Å². The highest BCUT2D eigenvalue weighted by Crippen LogP contribution is 2.29. The van der Waals surface area contributed by atoms with Crippen molar-refractivity contribution in [1.29, 1.82) is 0 Å². The lowest BCUT2D eigenvalue weighted by Gasteiger charge is -2.39. The molecule has 1 aromatic rings. The fourth-order valence-electron chi connectivity index (χ4n) is 3.00. The molecule has 0 bridgehead atoms. The van der Waals surface area contributed by atoms with Crippen LogP contribution < -0.4 is 10.2 Å². The molecule has 1 N–H and O–H groups in total. The van der Waals surface area contributed by atoms with Gasteiger partial charge in [0.2, 0.25) is 0 Å². The van der Waals surface area contributed by atoms with Crippen LogP contribution >= 0.6 is 0 Å². The van der Waals surface area contributed by atoms with Crippen LogP contribution in [0.5, 0.6) is 0 Å². The number of piperidine rings is 1. The molecule has 2 heterocycles. The van der Waals surface area contributed by atoms with Crippen molar-refractivity contribution in [2.75, 3.05) is 18.5 Å². The van der Waals surface area contributed by atoms with E-state index in [1.807, 2.05) is 7.05 Å². The minimum atomic E-state index is 0.475. The monoisotopic (exact) mass is 275 g/mol. The summed E-state index contributed by atoms with van der Waals surface area (Å²) in [6.07, 6.45) is 2.62. The summed E-state index contributed by atoms with van der Waals surface area (Å²) in [5.41, 5.74) is 2.55. The number of rotatable bonds is 4. The van der Waals surface area contributed by atoms with Crippen molar-refractivity contribution in [3.05, 3.63) is 23.4 Å². The summed E-state index contributed by atoms with van der Waals surface area (Å²) in [5, 5.41) is 3.25. The Kier molecular flexibility index (Phi) is 5.03. The molecule has 0 saturated carbocycles. The van der Waals surface area contributed by atoms with Gasteiger partial charge in [-0.3, -0.25) is 0 Å². The van der Waals surface area contributed by atoms with E-state index in [1.54, 1.807) is 0 Å². The van der Waals surface area contributed by atoms with Crippen LogP contribution in [0, 0.1) is 5.92 Å². The van der Waals surface area contributed by atoms with Crippen LogP contribution in [0.4, 0.5) is 5.82 Å². The molecule has 20 heavy (non-hydrogen) atoms. The number of nitrogens with one attached hydrogen (secondary N) is 1. The van der Waals surface area contributed by atoms with Crippen LogP contribution in [0.15, 0.2) is 12.1 Å². The van der Waals surface area contributed by atoms with Crippen LogP contribution in [0.25, 0.3) is 0 Å². The van der Waals surface area contributed by atoms with Crippen LogP contribution in [-0.4, -0.2) is 24.6 Å². The first-order valence-electron chi connectivity index (χ1n) is 7.95. The second kappa shape index (κ2) is 6.57. The van der Waals surface area contributed by atoms with Gasteiger partial charge in [0.05, 0.1) is 0 Å². The number of hydrogen-bond donors (Lipinski definition) is 1.